The third kappa shape index (κ3) is 2.78. The molecule has 0 bridgehead atoms. The number of aromatic nitrogens is 1. The molecule has 1 atom stereocenters. The van der Waals surface area contributed by atoms with Gasteiger partial charge in [-0.1, -0.05) is 13.8 Å². The summed E-state index contributed by atoms with van der Waals surface area (Å²) in [5, 5.41) is 3.21. The summed E-state index contributed by atoms with van der Waals surface area (Å²) in [5.74, 6) is 0.513. The molecule has 1 rings (SSSR count). The molecule has 74 valence electrons. The van der Waals surface area contributed by atoms with E-state index in [9.17, 15) is 0 Å². The number of hydrogen-bond donors (Lipinski definition) is 0. The zero-order chi connectivity index (χ0) is 9.84. The maximum Gasteiger partial charge on any atom is 0.121 e. The monoisotopic (exact) mass is 199 g/mol. The van der Waals surface area contributed by atoms with Crippen LogP contribution in [0, 0.1) is 0 Å². The van der Waals surface area contributed by atoms with Crippen LogP contribution in [0.2, 0.25) is 0 Å². The minimum atomic E-state index is 0.141. The predicted octanol–water partition coefficient (Wildman–Crippen LogP) is 3.36. The van der Waals surface area contributed by atoms with Crippen LogP contribution in [0.4, 0.5) is 0 Å². The van der Waals surface area contributed by atoms with E-state index in [0.717, 1.165) is 11.6 Å². The van der Waals surface area contributed by atoms with Crippen molar-refractivity contribution in [3.63, 3.8) is 0 Å². The number of ether oxygens (including phenoxy) is 1. The van der Waals surface area contributed by atoms with Crippen molar-refractivity contribution in [2.24, 2.45) is 0 Å². The van der Waals surface area contributed by atoms with E-state index in [-0.39, 0.29) is 6.10 Å². The van der Waals surface area contributed by atoms with Crippen molar-refractivity contribution in [3.05, 3.63) is 16.1 Å². The molecule has 1 heterocycles. The Hall–Kier alpha value is -0.410. The molecule has 0 N–H and O–H groups in total. The highest BCUT2D eigenvalue weighted by Crippen LogP contribution is 2.24. The van der Waals surface area contributed by atoms with Gasteiger partial charge in [-0.05, 0) is 19.8 Å². The molecule has 1 unspecified atom stereocenters. The lowest BCUT2D eigenvalue weighted by atomic mass is 10.2. The molecular weight excluding hydrogens is 182 g/mol. The van der Waals surface area contributed by atoms with Gasteiger partial charge in [-0.2, -0.15) is 0 Å². The fourth-order valence-electron chi connectivity index (χ4n) is 1.07. The van der Waals surface area contributed by atoms with Crippen LogP contribution in [0.1, 0.15) is 50.4 Å². The van der Waals surface area contributed by atoms with Crippen LogP contribution in [0.15, 0.2) is 5.38 Å². The topological polar surface area (TPSA) is 22.1 Å². The minimum Gasteiger partial charge on any atom is -0.372 e. The van der Waals surface area contributed by atoms with Crippen molar-refractivity contribution in [2.45, 2.75) is 39.7 Å². The molecule has 1 aromatic rings. The van der Waals surface area contributed by atoms with E-state index in [1.165, 1.54) is 5.69 Å². The molecule has 0 aliphatic heterocycles. The zero-order valence-electron chi connectivity index (χ0n) is 8.70. The highest BCUT2D eigenvalue weighted by atomic mass is 32.1. The van der Waals surface area contributed by atoms with E-state index in [2.05, 4.69) is 24.2 Å². The van der Waals surface area contributed by atoms with Crippen molar-refractivity contribution >= 4 is 11.3 Å². The second-order valence-electron chi connectivity index (χ2n) is 3.36. The standard InChI is InChI=1S/C10H17NOS/c1-5-12-8(4)10-11-9(6-13-10)7(2)3/h6-8H,5H2,1-4H3. The molecule has 0 aliphatic carbocycles. The maximum atomic E-state index is 5.47. The zero-order valence-corrected chi connectivity index (χ0v) is 9.52. The van der Waals surface area contributed by atoms with E-state index in [1.807, 2.05) is 13.8 Å². The van der Waals surface area contributed by atoms with Crippen molar-refractivity contribution in [1.82, 2.24) is 4.98 Å². The van der Waals surface area contributed by atoms with E-state index in [1.54, 1.807) is 11.3 Å². The van der Waals surface area contributed by atoms with Gasteiger partial charge in [0.25, 0.3) is 0 Å². The Morgan fingerprint density at radius 1 is 1.46 bits per heavy atom. The second-order valence-corrected chi connectivity index (χ2v) is 4.25. The third-order valence-electron chi connectivity index (χ3n) is 1.90. The van der Waals surface area contributed by atoms with Crippen molar-refractivity contribution in [1.29, 1.82) is 0 Å². The summed E-state index contributed by atoms with van der Waals surface area (Å²) in [6.45, 7) is 9.12. The Morgan fingerprint density at radius 2 is 2.15 bits per heavy atom. The largest absolute Gasteiger partial charge is 0.372 e. The van der Waals surface area contributed by atoms with Gasteiger partial charge in [-0.3, -0.25) is 0 Å². The van der Waals surface area contributed by atoms with Gasteiger partial charge in [0.05, 0.1) is 5.69 Å². The fraction of sp³-hybridized carbons (Fsp3) is 0.700. The SMILES string of the molecule is CCOC(C)c1nc(C(C)C)cs1. The highest BCUT2D eigenvalue weighted by molar-refractivity contribution is 7.09. The third-order valence-corrected chi connectivity index (χ3v) is 2.92. The number of thiazole rings is 1. The van der Waals surface area contributed by atoms with Gasteiger partial charge >= 0.3 is 0 Å². The second kappa shape index (κ2) is 4.72. The number of hydrogen-bond acceptors (Lipinski definition) is 3. The van der Waals surface area contributed by atoms with Crippen LogP contribution in [0.3, 0.4) is 0 Å². The molecule has 0 aromatic carbocycles. The van der Waals surface area contributed by atoms with Crippen LogP contribution < -0.4 is 0 Å². The Kier molecular flexibility index (Phi) is 3.88. The van der Waals surface area contributed by atoms with Crippen molar-refractivity contribution in [2.75, 3.05) is 6.61 Å². The van der Waals surface area contributed by atoms with Crippen LogP contribution in [-0.2, 0) is 4.74 Å². The Morgan fingerprint density at radius 3 is 2.62 bits per heavy atom. The van der Waals surface area contributed by atoms with E-state index in [0.29, 0.717) is 5.92 Å². The smallest absolute Gasteiger partial charge is 0.121 e. The molecule has 0 amide bonds. The van der Waals surface area contributed by atoms with Gasteiger partial charge in [0.2, 0.25) is 0 Å². The summed E-state index contributed by atoms with van der Waals surface area (Å²) in [6.07, 6.45) is 0.141. The average Bonchev–Trinajstić information content (AvgIpc) is 2.52. The van der Waals surface area contributed by atoms with Crippen LogP contribution >= 0.6 is 11.3 Å². The molecular formula is C10H17NOS. The molecule has 0 saturated heterocycles. The highest BCUT2D eigenvalue weighted by Gasteiger charge is 2.11. The Balaban J connectivity index is 2.67. The van der Waals surface area contributed by atoms with Crippen molar-refractivity contribution < 1.29 is 4.74 Å². The predicted molar refractivity (Wildman–Crippen MR) is 56.2 cm³/mol. The molecule has 0 radical (unpaired) electrons. The summed E-state index contributed by atoms with van der Waals surface area (Å²) in [4.78, 5) is 4.52. The minimum absolute atomic E-state index is 0.141. The lowest BCUT2D eigenvalue weighted by Crippen LogP contribution is -1.99. The first-order chi connectivity index (χ1) is 6.15. The molecule has 0 spiro atoms. The van der Waals surface area contributed by atoms with Gasteiger partial charge in [0.1, 0.15) is 11.1 Å². The summed E-state index contributed by atoms with van der Waals surface area (Å²) in [5.41, 5.74) is 1.17. The molecule has 0 saturated carbocycles. The van der Waals surface area contributed by atoms with Gasteiger partial charge in [0, 0.05) is 12.0 Å². The van der Waals surface area contributed by atoms with Gasteiger partial charge < -0.3 is 4.74 Å². The summed E-state index contributed by atoms with van der Waals surface area (Å²) >= 11 is 1.69. The van der Waals surface area contributed by atoms with E-state index < -0.39 is 0 Å². The average molecular weight is 199 g/mol. The van der Waals surface area contributed by atoms with Gasteiger partial charge in [-0.25, -0.2) is 4.98 Å². The summed E-state index contributed by atoms with van der Waals surface area (Å²) in [6, 6.07) is 0. The van der Waals surface area contributed by atoms with E-state index in [4.69, 9.17) is 4.74 Å². The lowest BCUT2D eigenvalue weighted by Gasteiger charge is -2.07. The molecule has 0 aliphatic rings. The first-order valence-corrected chi connectivity index (χ1v) is 5.60. The van der Waals surface area contributed by atoms with Gasteiger partial charge in [-0.15, -0.1) is 11.3 Å². The number of rotatable bonds is 4. The number of nitrogens with zero attached hydrogens (tertiary/aromatic N) is 1. The quantitative estimate of drug-likeness (QED) is 0.741. The Labute approximate surface area is 84.0 Å². The van der Waals surface area contributed by atoms with Crippen LogP contribution in [-0.4, -0.2) is 11.6 Å². The molecule has 3 heteroatoms. The van der Waals surface area contributed by atoms with Crippen LogP contribution in [0.25, 0.3) is 0 Å². The molecule has 0 fully saturated rings. The molecule has 1 aromatic heterocycles. The van der Waals surface area contributed by atoms with Crippen LogP contribution in [0.5, 0.6) is 0 Å². The summed E-state index contributed by atoms with van der Waals surface area (Å²) in [7, 11) is 0. The summed E-state index contributed by atoms with van der Waals surface area (Å²) < 4.78 is 5.47. The molecule has 2 nitrogen and oxygen atoms in total. The fourth-order valence-corrected chi connectivity index (χ4v) is 2.06. The lowest BCUT2D eigenvalue weighted by molar-refractivity contribution is 0.0761. The maximum absolute atomic E-state index is 5.47. The van der Waals surface area contributed by atoms with Gasteiger partial charge in [0.15, 0.2) is 0 Å². The molecule has 13 heavy (non-hydrogen) atoms. The van der Waals surface area contributed by atoms with E-state index >= 15 is 0 Å². The first kappa shape index (κ1) is 10.7. The normalized spacial score (nSPS) is 13.6. The first-order valence-electron chi connectivity index (χ1n) is 4.72. The Bertz CT molecular complexity index is 257. The van der Waals surface area contributed by atoms with Crippen molar-refractivity contribution in [3.8, 4) is 0 Å².